The number of hydrogen-bond acceptors (Lipinski definition) is 5. The number of benzene rings is 2. The zero-order valence-corrected chi connectivity index (χ0v) is 16.3. The summed E-state index contributed by atoms with van der Waals surface area (Å²) in [6, 6.07) is 18.8. The average Bonchev–Trinajstić information content (AvgIpc) is 2.74. The van der Waals surface area contributed by atoms with Gasteiger partial charge in [0.05, 0.1) is 12.8 Å². The summed E-state index contributed by atoms with van der Waals surface area (Å²) in [5.74, 6) is 1.38. The molecule has 6 heteroatoms. The Hall–Kier alpha value is -3.41. The van der Waals surface area contributed by atoms with Crippen molar-refractivity contribution < 1.29 is 9.53 Å². The van der Waals surface area contributed by atoms with Crippen LogP contribution >= 0.6 is 0 Å². The van der Waals surface area contributed by atoms with Crippen molar-refractivity contribution in [2.24, 2.45) is 0 Å². The first kappa shape index (κ1) is 19.4. The van der Waals surface area contributed by atoms with Crippen LogP contribution in [-0.2, 0) is 0 Å². The molecule has 2 N–H and O–H groups in total. The lowest BCUT2D eigenvalue weighted by atomic mass is 10.2. The fourth-order valence-corrected chi connectivity index (χ4v) is 2.64. The Bertz CT molecular complexity index is 944. The number of nitrogens with zero attached hydrogens (tertiary/aromatic N) is 2. The van der Waals surface area contributed by atoms with Crippen LogP contribution in [0.15, 0.2) is 60.7 Å². The fourth-order valence-electron chi connectivity index (χ4n) is 2.64. The summed E-state index contributed by atoms with van der Waals surface area (Å²) in [6.45, 7) is 4.16. The van der Waals surface area contributed by atoms with Gasteiger partial charge >= 0.3 is 0 Å². The Morgan fingerprint density at radius 2 is 1.79 bits per heavy atom. The number of amides is 1. The highest BCUT2D eigenvalue weighted by Gasteiger charge is 2.15. The van der Waals surface area contributed by atoms with Gasteiger partial charge in [0.25, 0.3) is 5.91 Å². The maximum absolute atomic E-state index is 12.9. The van der Waals surface area contributed by atoms with Crippen molar-refractivity contribution in [1.29, 1.82) is 0 Å². The van der Waals surface area contributed by atoms with E-state index < -0.39 is 0 Å². The molecule has 1 amide bonds. The highest BCUT2D eigenvalue weighted by atomic mass is 16.5. The van der Waals surface area contributed by atoms with E-state index >= 15 is 0 Å². The summed E-state index contributed by atoms with van der Waals surface area (Å²) in [5, 5.41) is 6.20. The molecule has 28 heavy (non-hydrogen) atoms. The molecule has 0 saturated carbocycles. The molecule has 3 rings (SSSR count). The number of anilines is 2. The van der Waals surface area contributed by atoms with E-state index in [0.717, 1.165) is 12.0 Å². The lowest BCUT2D eigenvalue weighted by Crippen LogP contribution is -2.19. The van der Waals surface area contributed by atoms with Crippen molar-refractivity contribution in [2.45, 2.75) is 26.3 Å². The molecule has 0 fully saturated rings. The number of carbonyl (C=O) groups excluding carboxylic acids is 1. The van der Waals surface area contributed by atoms with Gasteiger partial charge in [-0.1, -0.05) is 49.4 Å². The zero-order chi connectivity index (χ0) is 19.9. The van der Waals surface area contributed by atoms with Crippen LogP contribution in [0.3, 0.4) is 0 Å². The van der Waals surface area contributed by atoms with Crippen LogP contribution in [0.4, 0.5) is 11.5 Å². The highest BCUT2D eigenvalue weighted by Crippen LogP contribution is 2.24. The first-order chi connectivity index (χ1) is 13.6. The van der Waals surface area contributed by atoms with Crippen LogP contribution in [0.5, 0.6) is 5.75 Å². The van der Waals surface area contributed by atoms with Gasteiger partial charge < -0.3 is 15.4 Å². The molecule has 0 saturated heterocycles. The molecule has 0 aliphatic heterocycles. The minimum Gasteiger partial charge on any atom is -0.495 e. The summed E-state index contributed by atoms with van der Waals surface area (Å²) in [7, 11) is 1.57. The van der Waals surface area contributed by atoms with Crippen LogP contribution in [-0.4, -0.2) is 29.0 Å². The Labute approximate surface area is 165 Å². The molecule has 6 nitrogen and oxygen atoms in total. The predicted molar refractivity (Wildman–Crippen MR) is 112 cm³/mol. The third-order valence-corrected chi connectivity index (χ3v) is 4.35. The number of rotatable bonds is 7. The van der Waals surface area contributed by atoms with Crippen LogP contribution in [0.2, 0.25) is 0 Å². The number of hydrogen-bond donors (Lipinski definition) is 2. The monoisotopic (exact) mass is 376 g/mol. The fraction of sp³-hybridized carbons (Fsp3) is 0.227. The molecular formula is C22H24N4O2. The third-order valence-electron chi connectivity index (χ3n) is 4.35. The summed E-state index contributed by atoms with van der Waals surface area (Å²) < 4.78 is 5.31. The number of para-hydroxylation sites is 2. The summed E-state index contributed by atoms with van der Waals surface area (Å²) in [5.41, 5.74) is 1.72. The van der Waals surface area contributed by atoms with E-state index in [1.807, 2.05) is 42.5 Å². The number of ether oxygens (including phenoxy) is 1. The Morgan fingerprint density at radius 1 is 1.07 bits per heavy atom. The molecule has 0 aliphatic rings. The normalized spacial score (nSPS) is 11.5. The summed E-state index contributed by atoms with van der Waals surface area (Å²) in [6.07, 6.45) is 0.938. The second-order valence-electron chi connectivity index (χ2n) is 6.44. The van der Waals surface area contributed by atoms with Crippen LogP contribution in [0.1, 0.15) is 30.8 Å². The van der Waals surface area contributed by atoms with Gasteiger partial charge in [-0.2, -0.15) is 0 Å². The first-order valence-corrected chi connectivity index (χ1v) is 9.26. The minimum absolute atomic E-state index is 0.226. The second kappa shape index (κ2) is 8.99. The molecule has 1 aromatic heterocycles. The van der Waals surface area contributed by atoms with Gasteiger partial charge in [-0.05, 0) is 25.5 Å². The number of methoxy groups -OCH3 is 1. The Kier molecular flexibility index (Phi) is 6.22. The molecule has 0 bridgehead atoms. The summed E-state index contributed by atoms with van der Waals surface area (Å²) in [4.78, 5) is 22.0. The Balaban J connectivity index is 1.96. The van der Waals surface area contributed by atoms with Gasteiger partial charge in [0.2, 0.25) is 0 Å². The number of nitrogens with one attached hydrogen (secondary N) is 2. The molecule has 3 aromatic rings. The first-order valence-electron chi connectivity index (χ1n) is 9.26. The van der Waals surface area contributed by atoms with Gasteiger partial charge in [0, 0.05) is 17.7 Å². The number of aromatic nitrogens is 2. The second-order valence-corrected chi connectivity index (χ2v) is 6.44. The van der Waals surface area contributed by atoms with Crippen LogP contribution in [0, 0.1) is 0 Å². The quantitative estimate of drug-likeness (QED) is 0.629. The van der Waals surface area contributed by atoms with E-state index in [4.69, 9.17) is 4.74 Å². The van der Waals surface area contributed by atoms with E-state index in [2.05, 4.69) is 34.4 Å². The topological polar surface area (TPSA) is 76.1 Å². The van der Waals surface area contributed by atoms with Crippen molar-refractivity contribution in [1.82, 2.24) is 9.97 Å². The molecule has 144 valence electrons. The van der Waals surface area contributed by atoms with Gasteiger partial charge in [0.1, 0.15) is 17.3 Å². The SMILES string of the molecule is CCC(C)Nc1cc(C(=O)Nc2ccccc2OC)nc(-c2ccccc2)n1. The van der Waals surface area contributed by atoms with Gasteiger partial charge in [0.15, 0.2) is 5.82 Å². The molecule has 0 aliphatic carbocycles. The maximum atomic E-state index is 12.9. The average molecular weight is 376 g/mol. The standard InChI is InChI=1S/C22H24N4O2/c1-4-15(2)23-20-14-18(24-21(26-20)16-10-6-5-7-11-16)22(27)25-17-12-8-9-13-19(17)28-3/h5-15H,4H2,1-3H3,(H,25,27)(H,23,24,26). The molecular weight excluding hydrogens is 352 g/mol. The van der Waals surface area contributed by atoms with Crippen LogP contribution in [0.25, 0.3) is 11.4 Å². The van der Waals surface area contributed by atoms with Gasteiger partial charge in [-0.3, -0.25) is 4.79 Å². The van der Waals surface area contributed by atoms with Crippen molar-refractivity contribution in [3.63, 3.8) is 0 Å². The molecule has 1 unspecified atom stereocenters. The van der Waals surface area contributed by atoms with Crippen molar-refractivity contribution in [3.8, 4) is 17.1 Å². The minimum atomic E-state index is -0.323. The van der Waals surface area contributed by atoms with E-state index in [1.54, 1.807) is 25.3 Å². The highest BCUT2D eigenvalue weighted by molar-refractivity contribution is 6.04. The number of carbonyl (C=O) groups is 1. The van der Waals surface area contributed by atoms with Crippen molar-refractivity contribution >= 4 is 17.4 Å². The molecule has 2 aromatic carbocycles. The molecule has 1 heterocycles. The largest absolute Gasteiger partial charge is 0.495 e. The maximum Gasteiger partial charge on any atom is 0.274 e. The van der Waals surface area contributed by atoms with Gasteiger partial charge in [-0.25, -0.2) is 9.97 Å². The Morgan fingerprint density at radius 3 is 2.50 bits per heavy atom. The summed E-state index contributed by atoms with van der Waals surface area (Å²) >= 11 is 0. The van der Waals surface area contributed by atoms with Crippen molar-refractivity contribution in [2.75, 3.05) is 17.7 Å². The molecule has 1 atom stereocenters. The zero-order valence-electron chi connectivity index (χ0n) is 16.3. The smallest absolute Gasteiger partial charge is 0.274 e. The van der Waals surface area contributed by atoms with Crippen molar-refractivity contribution in [3.05, 3.63) is 66.4 Å². The third kappa shape index (κ3) is 4.65. The van der Waals surface area contributed by atoms with E-state index in [9.17, 15) is 4.79 Å². The lowest BCUT2D eigenvalue weighted by Gasteiger charge is -2.15. The predicted octanol–water partition coefficient (Wildman–Crippen LogP) is 4.61. The van der Waals surface area contributed by atoms with Gasteiger partial charge in [-0.15, -0.1) is 0 Å². The van der Waals surface area contributed by atoms with E-state index in [-0.39, 0.29) is 17.6 Å². The van der Waals surface area contributed by atoms with Crippen LogP contribution < -0.4 is 15.4 Å². The van der Waals surface area contributed by atoms with E-state index in [1.165, 1.54) is 0 Å². The van der Waals surface area contributed by atoms with E-state index in [0.29, 0.717) is 23.1 Å². The molecule has 0 radical (unpaired) electrons. The molecule has 0 spiro atoms. The lowest BCUT2D eigenvalue weighted by molar-refractivity contribution is 0.102.